The van der Waals surface area contributed by atoms with Crippen LogP contribution in [0.2, 0.25) is 0 Å². The van der Waals surface area contributed by atoms with Crippen molar-refractivity contribution in [2.24, 2.45) is 0 Å². The predicted octanol–water partition coefficient (Wildman–Crippen LogP) is 4.41. The number of amides is 1. The highest BCUT2D eigenvalue weighted by molar-refractivity contribution is 6.00. The van der Waals surface area contributed by atoms with Crippen LogP contribution in [0.1, 0.15) is 29.8 Å². The maximum atomic E-state index is 12.8. The van der Waals surface area contributed by atoms with E-state index in [9.17, 15) is 14.4 Å². The largest absolute Gasteiger partial charge is 0.449 e. The summed E-state index contributed by atoms with van der Waals surface area (Å²) in [5.41, 5.74) is 4.18. The van der Waals surface area contributed by atoms with Gasteiger partial charge in [-0.25, -0.2) is 4.79 Å². The molecule has 6 heteroatoms. The van der Waals surface area contributed by atoms with E-state index < -0.39 is 12.1 Å². The molecule has 0 aliphatic carbocycles. The monoisotopic (exact) mass is 429 g/mol. The van der Waals surface area contributed by atoms with Crippen molar-refractivity contribution in [3.05, 3.63) is 83.9 Å². The fourth-order valence-electron chi connectivity index (χ4n) is 3.75. The average Bonchev–Trinajstić information content (AvgIpc) is 3.23. The minimum absolute atomic E-state index is 0.229. The summed E-state index contributed by atoms with van der Waals surface area (Å²) in [5.74, 6) is -0.675. The van der Waals surface area contributed by atoms with Crippen LogP contribution < -0.4 is 9.64 Å². The Balaban J connectivity index is 1.39. The highest BCUT2D eigenvalue weighted by Gasteiger charge is 2.29. The fourth-order valence-corrected chi connectivity index (χ4v) is 3.75. The Morgan fingerprint density at radius 1 is 0.875 bits per heavy atom. The predicted molar refractivity (Wildman–Crippen MR) is 121 cm³/mol. The Hall–Kier alpha value is -3.93. The molecule has 0 bridgehead atoms. The summed E-state index contributed by atoms with van der Waals surface area (Å²) in [7, 11) is 0. The van der Waals surface area contributed by atoms with Crippen molar-refractivity contribution < 1.29 is 23.9 Å². The fraction of sp³-hybridized carbons (Fsp3) is 0.192. The molecule has 3 aromatic carbocycles. The van der Waals surface area contributed by atoms with Gasteiger partial charge < -0.3 is 14.4 Å². The third kappa shape index (κ3) is 4.54. The lowest BCUT2D eigenvalue weighted by Gasteiger charge is -2.21. The van der Waals surface area contributed by atoms with Gasteiger partial charge in [-0.15, -0.1) is 0 Å². The SMILES string of the molecule is CC(=O)Oc1ccc(-c2ccc(C(=O)O[C@H](C)C(=O)N3CCc4ccccc43)cc2)cc1. The lowest BCUT2D eigenvalue weighted by atomic mass is 10.0. The molecule has 0 saturated carbocycles. The molecule has 4 rings (SSSR count). The van der Waals surface area contributed by atoms with Gasteiger partial charge in [-0.2, -0.15) is 0 Å². The first-order valence-corrected chi connectivity index (χ1v) is 10.4. The summed E-state index contributed by atoms with van der Waals surface area (Å²) < 4.78 is 10.5. The molecule has 1 aliphatic heterocycles. The van der Waals surface area contributed by atoms with Crippen molar-refractivity contribution in [2.45, 2.75) is 26.4 Å². The Morgan fingerprint density at radius 3 is 2.16 bits per heavy atom. The standard InChI is InChI=1S/C26H23NO5/c1-17(25(29)27-16-15-21-5-3-4-6-24(21)27)31-26(30)22-9-7-19(8-10-22)20-11-13-23(14-12-20)32-18(2)28/h3-14,17H,15-16H2,1-2H3/t17-/m1/s1. The third-order valence-electron chi connectivity index (χ3n) is 5.35. The molecule has 0 spiro atoms. The minimum Gasteiger partial charge on any atom is -0.449 e. The summed E-state index contributed by atoms with van der Waals surface area (Å²) in [5, 5.41) is 0. The van der Waals surface area contributed by atoms with Crippen molar-refractivity contribution in [3.8, 4) is 16.9 Å². The first kappa shape index (κ1) is 21.3. The van der Waals surface area contributed by atoms with E-state index in [0.717, 1.165) is 28.8 Å². The zero-order chi connectivity index (χ0) is 22.7. The molecule has 0 N–H and O–H groups in total. The molecule has 0 aromatic heterocycles. The molecule has 1 atom stereocenters. The van der Waals surface area contributed by atoms with Gasteiger partial charge in [0.05, 0.1) is 5.56 Å². The lowest BCUT2D eigenvalue weighted by Crippen LogP contribution is -2.39. The van der Waals surface area contributed by atoms with E-state index >= 15 is 0 Å². The van der Waals surface area contributed by atoms with Crippen LogP contribution in [0.3, 0.4) is 0 Å². The summed E-state index contributed by atoms with van der Waals surface area (Å²) in [4.78, 5) is 38.1. The normalized spacial score (nSPS) is 13.2. The van der Waals surface area contributed by atoms with Crippen molar-refractivity contribution >= 4 is 23.5 Å². The molecule has 0 fully saturated rings. The van der Waals surface area contributed by atoms with Gasteiger partial charge in [0.1, 0.15) is 5.75 Å². The highest BCUT2D eigenvalue weighted by atomic mass is 16.5. The summed E-state index contributed by atoms with van der Waals surface area (Å²) in [6.45, 7) is 3.54. The number of hydrogen-bond donors (Lipinski definition) is 0. The minimum atomic E-state index is -0.887. The van der Waals surface area contributed by atoms with E-state index in [-0.39, 0.29) is 11.9 Å². The maximum Gasteiger partial charge on any atom is 0.338 e. The van der Waals surface area contributed by atoms with Gasteiger partial charge in [0.25, 0.3) is 5.91 Å². The number of hydrogen-bond acceptors (Lipinski definition) is 5. The number of anilines is 1. The van der Waals surface area contributed by atoms with Gasteiger partial charge in [0, 0.05) is 19.2 Å². The van der Waals surface area contributed by atoms with Crippen molar-refractivity contribution in [1.29, 1.82) is 0 Å². The van der Waals surface area contributed by atoms with Crippen LogP contribution >= 0.6 is 0 Å². The topological polar surface area (TPSA) is 72.9 Å². The molecule has 32 heavy (non-hydrogen) atoms. The summed E-state index contributed by atoms with van der Waals surface area (Å²) >= 11 is 0. The number of benzene rings is 3. The Kier molecular flexibility index (Phi) is 6.03. The van der Waals surface area contributed by atoms with Gasteiger partial charge in [-0.1, -0.05) is 42.5 Å². The number of fused-ring (bicyclic) bond motifs is 1. The number of ether oxygens (including phenoxy) is 2. The quantitative estimate of drug-likeness (QED) is 0.444. The van der Waals surface area contributed by atoms with Gasteiger partial charge in [-0.05, 0) is 60.4 Å². The second kappa shape index (κ2) is 9.06. The molecule has 1 aliphatic rings. The molecule has 0 saturated heterocycles. The van der Waals surface area contributed by atoms with E-state index in [0.29, 0.717) is 17.9 Å². The van der Waals surface area contributed by atoms with E-state index in [4.69, 9.17) is 9.47 Å². The number of nitrogens with zero attached hydrogens (tertiary/aromatic N) is 1. The molecular weight excluding hydrogens is 406 g/mol. The van der Waals surface area contributed by atoms with Gasteiger partial charge >= 0.3 is 11.9 Å². The van der Waals surface area contributed by atoms with E-state index in [1.54, 1.807) is 48.2 Å². The smallest absolute Gasteiger partial charge is 0.338 e. The zero-order valence-electron chi connectivity index (χ0n) is 17.9. The van der Waals surface area contributed by atoms with Crippen molar-refractivity contribution in [1.82, 2.24) is 0 Å². The van der Waals surface area contributed by atoms with Crippen LogP contribution in [-0.2, 0) is 20.7 Å². The molecule has 6 nitrogen and oxygen atoms in total. The van der Waals surface area contributed by atoms with Crippen LogP contribution in [-0.4, -0.2) is 30.5 Å². The van der Waals surface area contributed by atoms with Crippen LogP contribution in [0.5, 0.6) is 5.75 Å². The van der Waals surface area contributed by atoms with Crippen molar-refractivity contribution in [2.75, 3.05) is 11.4 Å². The highest BCUT2D eigenvalue weighted by Crippen LogP contribution is 2.28. The second-order valence-corrected chi connectivity index (χ2v) is 7.61. The first-order valence-electron chi connectivity index (χ1n) is 10.4. The second-order valence-electron chi connectivity index (χ2n) is 7.61. The number of para-hydroxylation sites is 1. The first-order chi connectivity index (χ1) is 15.4. The van der Waals surface area contributed by atoms with Crippen molar-refractivity contribution in [3.63, 3.8) is 0 Å². The van der Waals surface area contributed by atoms with Crippen LogP contribution in [0.4, 0.5) is 5.69 Å². The Bertz CT molecular complexity index is 1150. The molecule has 1 amide bonds. The van der Waals surface area contributed by atoms with Crippen LogP contribution in [0, 0.1) is 0 Å². The zero-order valence-corrected chi connectivity index (χ0v) is 17.9. The molecular formula is C26H23NO5. The summed E-state index contributed by atoms with van der Waals surface area (Å²) in [6.07, 6.45) is -0.0894. The van der Waals surface area contributed by atoms with Crippen LogP contribution in [0.15, 0.2) is 72.8 Å². The van der Waals surface area contributed by atoms with Gasteiger partial charge in [0.15, 0.2) is 6.10 Å². The molecule has 1 heterocycles. The lowest BCUT2D eigenvalue weighted by molar-refractivity contribution is -0.131. The Morgan fingerprint density at radius 2 is 1.50 bits per heavy atom. The van der Waals surface area contributed by atoms with Gasteiger partial charge in [0.2, 0.25) is 0 Å². The molecule has 3 aromatic rings. The number of esters is 2. The molecule has 0 unspecified atom stereocenters. The summed E-state index contributed by atoms with van der Waals surface area (Å²) in [6, 6.07) is 21.8. The molecule has 162 valence electrons. The van der Waals surface area contributed by atoms with Gasteiger partial charge in [-0.3, -0.25) is 9.59 Å². The number of carbonyl (C=O) groups is 3. The van der Waals surface area contributed by atoms with E-state index in [2.05, 4.69) is 0 Å². The van der Waals surface area contributed by atoms with E-state index in [1.165, 1.54) is 6.92 Å². The average molecular weight is 429 g/mol. The van der Waals surface area contributed by atoms with E-state index in [1.807, 2.05) is 36.4 Å². The number of rotatable bonds is 5. The Labute approximate surface area is 186 Å². The molecule has 0 radical (unpaired) electrons. The number of carbonyl (C=O) groups excluding carboxylic acids is 3. The van der Waals surface area contributed by atoms with Crippen LogP contribution in [0.25, 0.3) is 11.1 Å². The maximum absolute atomic E-state index is 12.8. The third-order valence-corrected chi connectivity index (χ3v) is 5.35.